The molecule has 4 N–H and O–H groups in total. The monoisotopic (exact) mass is 373 g/mol. The van der Waals surface area contributed by atoms with E-state index in [1.54, 1.807) is 14.0 Å². The van der Waals surface area contributed by atoms with E-state index in [1.165, 1.54) is 4.90 Å². The van der Waals surface area contributed by atoms with Gasteiger partial charge in [0.15, 0.2) is 0 Å². The Hall–Kier alpha value is -2.71. The average Bonchev–Trinajstić information content (AvgIpc) is 2.97. The van der Waals surface area contributed by atoms with E-state index in [0.717, 1.165) is 11.1 Å². The second kappa shape index (κ2) is 7.50. The Balaban J connectivity index is 1.76. The van der Waals surface area contributed by atoms with Crippen molar-refractivity contribution < 1.29 is 24.6 Å². The highest BCUT2D eigenvalue weighted by Gasteiger charge is 2.56. The predicted octanol–water partition coefficient (Wildman–Crippen LogP) is -0.0706. The van der Waals surface area contributed by atoms with Crippen molar-refractivity contribution >= 4 is 23.4 Å². The molecule has 1 aromatic rings. The molecule has 2 aliphatic rings. The van der Waals surface area contributed by atoms with Gasteiger partial charge in [0.25, 0.3) is 0 Å². The summed E-state index contributed by atoms with van der Waals surface area (Å²) in [5, 5.41) is 24.9. The van der Waals surface area contributed by atoms with Gasteiger partial charge in [-0.25, -0.2) is 4.79 Å². The summed E-state index contributed by atoms with van der Waals surface area (Å²) in [6.45, 7) is 2.28. The van der Waals surface area contributed by atoms with E-state index in [4.69, 9.17) is 0 Å². The van der Waals surface area contributed by atoms with Gasteiger partial charge in [-0.2, -0.15) is 0 Å². The first-order valence-electron chi connectivity index (χ1n) is 8.83. The van der Waals surface area contributed by atoms with Crippen LogP contribution < -0.4 is 10.6 Å². The number of amides is 2. The standard InChI is InChI=1S/C19H23N3O5/c1-10(23)16-14-7-13(17(19(26)27)22(14)18(16)25)12-5-3-11(4-6-12)8-21-9-15(24)20-2/h3-6,10,14,16,21,23H,7-9H2,1-2H3,(H,20,24)(H,26,27)/t10-,14-,16+/m1/s1. The molecule has 0 unspecified atom stereocenters. The fourth-order valence-corrected chi connectivity index (χ4v) is 3.76. The number of fused-ring (bicyclic) bond motifs is 1. The summed E-state index contributed by atoms with van der Waals surface area (Å²) >= 11 is 0. The van der Waals surface area contributed by atoms with Crippen LogP contribution in [0.2, 0.25) is 0 Å². The Labute approximate surface area is 156 Å². The molecule has 0 spiro atoms. The van der Waals surface area contributed by atoms with Gasteiger partial charge < -0.3 is 25.7 Å². The fraction of sp³-hybridized carbons (Fsp3) is 0.421. The molecule has 1 saturated heterocycles. The normalized spacial score (nSPS) is 22.3. The topological polar surface area (TPSA) is 119 Å². The van der Waals surface area contributed by atoms with Crippen LogP contribution in [-0.2, 0) is 20.9 Å². The second-order valence-corrected chi connectivity index (χ2v) is 6.85. The number of hydrogen-bond acceptors (Lipinski definition) is 5. The Morgan fingerprint density at radius 3 is 2.52 bits per heavy atom. The number of nitrogens with one attached hydrogen (secondary N) is 2. The molecule has 0 aromatic heterocycles. The van der Waals surface area contributed by atoms with Crippen molar-refractivity contribution in [3.63, 3.8) is 0 Å². The van der Waals surface area contributed by atoms with Crippen molar-refractivity contribution in [3.8, 4) is 0 Å². The van der Waals surface area contributed by atoms with Crippen LogP contribution in [0, 0.1) is 5.92 Å². The molecule has 2 amide bonds. The largest absolute Gasteiger partial charge is 0.477 e. The van der Waals surface area contributed by atoms with Gasteiger partial charge in [0.05, 0.1) is 24.6 Å². The zero-order chi connectivity index (χ0) is 19.7. The van der Waals surface area contributed by atoms with E-state index >= 15 is 0 Å². The van der Waals surface area contributed by atoms with E-state index in [9.17, 15) is 24.6 Å². The number of likely N-dealkylation sites (N-methyl/N-ethyl adjacent to an activating group) is 1. The van der Waals surface area contributed by atoms with Crippen LogP contribution in [0.4, 0.5) is 0 Å². The molecule has 0 saturated carbocycles. The molecule has 0 radical (unpaired) electrons. The molecule has 8 nitrogen and oxygen atoms in total. The number of carboxylic acids is 1. The van der Waals surface area contributed by atoms with Crippen molar-refractivity contribution in [2.24, 2.45) is 5.92 Å². The number of hydrogen-bond donors (Lipinski definition) is 4. The number of aliphatic hydroxyl groups is 1. The van der Waals surface area contributed by atoms with E-state index in [-0.39, 0.29) is 30.1 Å². The molecule has 0 bridgehead atoms. The summed E-state index contributed by atoms with van der Waals surface area (Å²) in [7, 11) is 1.57. The predicted molar refractivity (Wildman–Crippen MR) is 97.2 cm³/mol. The lowest BCUT2D eigenvalue weighted by molar-refractivity contribution is -0.161. The Kier molecular flexibility index (Phi) is 5.29. The van der Waals surface area contributed by atoms with Crippen molar-refractivity contribution in [1.82, 2.24) is 15.5 Å². The Bertz CT molecular complexity index is 800. The summed E-state index contributed by atoms with van der Waals surface area (Å²) < 4.78 is 0. The Morgan fingerprint density at radius 2 is 1.96 bits per heavy atom. The van der Waals surface area contributed by atoms with Crippen LogP contribution >= 0.6 is 0 Å². The van der Waals surface area contributed by atoms with Gasteiger partial charge in [-0.15, -0.1) is 0 Å². The van der Waals surface area contributed by atoms with Gasteiger partial charge in [-0.05, 0) is 30.0 Å². The number of β-lactam (4-membered cyclic amide) rings is 1. The van der Waals surface area contributed by atoms with E-state index in [0.29, 0.717) is 18.5 Å². The summed E-state index contributed by atoms with van der Waals surface area (Å²) in [4.78, 5) is 36.5. The number of nitrogens with zero attached hydrogens (tertiary/aromatic N) is 1. The van der Waals surface area contributed by atoms with Crippen molar-refractivity contribution in [2.45, 2.75) is 32.0 Å². The van der Waals surface area contributed by atoms with Gasteiger partial charge in [0.1, 0.15) is 5.70 Å². The maximum absolute atomic E-state index is 12.3. The lowest BCUT2D eigenvalue weighted by atomic mass is 9.82. The number of rotatable bonds is 7. The van der Waals surface area contributed by atoms with E-state index < -0.39 is 18.0 Å². The minimum absolute atomic E-state index is 0.00684. The summed E-state index contributed by atoms with van der Waals surface area (Å²) in [6, 6.07) is 7.07. The molecule has 2 heterocycles. The third kappa shape index (κ3) is 3.45. The van der Waals surface area contributed by atoms with Gasteiger partial charge in [-0.1, -0.05) is 24.3 Å². The lowest BCUT2D eigenvalue weighted by Crippen LogP contribution is -2.61. The fourth-order valence-electron chi connectivity index (χ4n) is 3.76. The van der Waals surface area contributed by atoms with Gasteiger partial charge in [-0.3, -0.25) is 9.59 Å². The number of carboxylic acid groups (broad SMARTS) is 1. The molecule has 3 rings (SSSR count). The summed E-state index contributed by atoms with van der Waals surface area (Å²) in [5.41, 5.74) is 2.31. The molecular weight excluding hydrogens is 350 g/mol. The zero-order valence-electron chi connectivity index (χ0n) is 15.2. The first-order valence-corrected chi connectivity index (χ1v) is 8.83. The van der Waals surface area contributed by atoms with Gasteiger partial charge in [0.2, 0.25) is 11.8 Å². The quantitative estimate of drug-likeness (QED) is 0.497. The molecule has 3 atom stereocenters. The van der Waals surface area contributed by atoms with Crippen molar-refractivity contribution in [2.75, 3.05) is 13.6 Å². The highest BCUT2D eigenvalue weighted by molar-refractivity contribution is 6.06. The summed E-state index contributed by atoms with van der Waals surface area (Å²) in [5.74, 6) is -2.13. The Morgan fingerprint density at radius 1 is 1.30 bits per heavy atom. The molecule has 0 aliphatic carbocycles. The number of aliphatic carboxylic acids is 1. The number of benzene rings is 1. The maximum atomic E-state index is 12.3. The molecule has 1 fully saturated rings. The highest BCUT2D eigenvalue weighted by atomic mass is 16.4. The van der Waals surface area contributed by atoms with Crippen LogP contribution in [0.3, 0.4) is 0 Å². The number of aliphatic hydroxyl groups excluding tert-OH is 1. The molecule has 27 heavy (non-hydrogen) atoms. The minimum Gasteiger partial charge on any atom is -0.477 e. The number of carbonyl (C=O) groups is 3. The van der Waals surface area contributed by atoms with Gasteiger partial charge >= 0.3 is 5.97 Å². The van der Waals surface area contributed by atoms with Crippen molar-refractivity contribution in [1.29, 1.82) is 0 Å². The summed E-state index contributed by atoms with van der Waals surface area (Å²) in [6.07, 6.45) is -0.390. The van der Waals surface area contributed by atoms with Crippen LogP contribution in [0.1, 0.15) is 24.5 Å². The number of carbonyl (C=O) groups excluding carboxylic acids is 2. The molecule has 144 valence electrons. The molecule has 8 heteroatoms. The first kappa shape index (κ1) is 19.1. The second-order valence-electron chi connectivity index (χ2n) is 6.85. The van der Waals surface area contributed by atoms with Crippen LogP contribution in [0.15, 0.2) is 30.0 Å². The van der Waals surface area contributed by atoms with E-state index in [2.05, 4.69) is 10.6 Å². The smallest absolute Gasteiger partial charge is 0.352 e. The average molecular weight is 373 g/mol. The lowest BCUT2D eigenvalue weighted by Gasteiger charge is -2.44. The molecule has 1 aromatic carbocycles. The maximum Gasteiger partial charge on any atom is 0.352 e. The van der Waals surface area contributed by atoms with Gasteiger partial charge in [0, 0.05) is 13.6 Å². The van der Waals surface area contributed by atoms with Crippen molar-refractivity contribution in [3.05, 3.63) is 41.1 Å². The third-order valence-electron chi connectivity index (χ3n) is 5.13. The highest BCUT2D eigenvalue weighted by Crippen LogP contribution is 2.46. The van der Waals surface area contributed by atoms with Crippen LogP contribution in [0.25, 0.3) is 5.57 Å². The van der Waals surface area contributed by atoms with Crippen LogP contribution in [-0.4, -0.2) is 58.6 Å². The van der Waals surface area contributed by atoms with Crippen LogP contribution in [0.5, 0.6) is 0 Å². The first-order chi connectivity index (χ1) is 12.8. The van der Waals surface area contributed by atoms with E-state index in [1.807, 2.05) is 24.3 Å². The molecule has 2 aliphatic heterocycles. The zero-order valence-corrected chi connectivity index (χ0v) is 15.2. The SMILES string of the molecule is CNC(=O)CNCc1ccc(C2=C(C(=O)O)N3C(=O)[C@@H]([C@@H](C)O)[C@H]3C2)cc1. The minimum atomic E-state index is -1.14. The third-order valence-corrected chi connectivity index (χ3v) is 5.13. The molecular formula is C19H23N3O5.